The lowest BCUT2D eigenvalue weighted by atomic mass is 10.0. The summed E-state index contributed by atoms with van der Waals surface area (Å²) in [5.74, 6) is 0.589. The Morgan fingerprint density at radius 3 is 3.00 bits per heavy atom. The van der Waals surface area contributed by atoms with Gasteiger partial charge in [-0.25, -0.2) is 4.68 Å². The standard InChI is InChI=1S/C13H14ClN3/c14-12-3-1-2-4-13(12)17-9-11(8-16-17)10-5-6-15-7-10/h1-4,8-10,15H,5-7H2. The zero-order chi connectivity index (χ0) is 11.7. The van der Waals surface area contributed by atoms with Crippen molar-refractivity contribution in [1.29, 1.82) is 0 Å². The number of para-hydroxylation sites is 1. The van der Waals surface area contributed by atoms with Crippen LogP contribution in [-0.4, -0.2) is 22.9 Å². The topological polar surface area (TPSA) is 29.9 Å². The Labute approximate surface area is 105 Å². The Kier molecular flexibility index (Phi) is 2.87. The molecule has 1 N–H and O–H groups in total. The Bertz CT molecular complexity index is 515. The lowest BCUT2D eigenvalue weighted by molar-refractivity contribution is 0.762. The average Bonchev–Trinajstić information content (AvgIpc) is 3.00. The molecule has 0 saturated carbocycles. The van der Waals surface area contributed by atoms with Crippen molar-refractivity contribution in [3.63, 3.8) is 0 Å². The molecule has 2 heterocycles. The third-order valence-corrected chi connectivity index (χ3v) is 3.55. The Morgan fingerprint density at radius 1 is 1.35 bits per heavy atom. The number of rotatable bonds is 2. The highest BCUT2D eigenvalue weighted by molar-refractivity contribution is 6.32. The normalized spacial score (nSPS) is 19.7. The van der Waals surface area contributed by atoms with Crippen molar-refractivity contribution in [2.24, 2.45) is 0 Å². The fraction of sp³-hybridized carbons (Fsp3) is 0.308. The van der Waals surface area contributed by atoms with Crippen LogP contribution in [0.25, 0.3) is 5.69 Å². The second kappa shape index (κ2) is 4.51. The SMILES string of the molecule is Clc1ccccc1-n1cc(C2CCNC2)cn1. The van der Waals surface area contributed by atoms with Gasteiger partial charge in [-0.2, -0.15) is 5.10 Å². The first-order valence-corrected chi connectivity index (χ1v) is 6.22. The van der Waals surface area contributed by atoms with Crippen LogP contribution in [0.4, 0.5) is 0 Å². The summed E-state index contributed by atoms with van der Waals surface area (Å²) in [5.41, 5.74) is 2.22. The molecule has 1 fully saturated rings. The van der Waals surface area contributed by atoms with Crippen LogP contribution in [0, 0.1) is 0 Å². The van der Waals surface area contributed by atoms with Gasteiger partial charge in [0.1, 0.15) is 0 Å². The largest absolute Gasteiger partial charge is 0.316 e. The molecule has 17 heavy (non-hydrogen) atoms. The maximum atomic E-state index is 6.15. The van der Waals surface area contributed by atoms with Crippen molar-refractivity contribution in [2.75, 3.05) is 13.1 Å². The van der Waals surface area contributed by atoms with Crippen molar-refractivity contribution in [3.8, 4) is 5.69 Å². The minimum absolute atomic E-state index is 0.589. The quantitative estimate of drug-likeness (QED) is 0.884. The van der Waals surface area contributed by atoms with Gasteiger partial charge in [0.15, 0.2) is 0 Å². The highest BCUT2D eigenvalue weighted by Gasteiger charge is 2.18. The Hall–Kier alpha value is -1.32. The predicted molar refractivity (Wildman–Crippen MR) is 68.8 cm³/mol. The predicted octanol–water partition coefficient (Wildman–Crippen LogP) is 2.60. The molecule has 1 aromatic heterocycles. The number of aromatic nitrogens is 2. The van der Waals surface area contributed by atoms with Crippen LogP contribution in [0.2, 0.25) is 5.02 Å². The molecule has 0 radical (unpaired) electrons. The fourth-order valence-electron chi connectivity index (χ4n) is 2.26. The number of halogens is 1. The van der Waals surface area contributed by atoms with Crippen molar-refractivity contribution in [2.45, 2.75) is 12.3 Å². The van der Waals surface area contributed by atoms with Crippen LogP contribution >= 0.6 is 11.6 Å². The van der Waals surface area contributed by atoms with Gasteiger partial charge in [-0.3, -0.25) is 0 Å². The first-order valence-electron chi connectivity index (χ1n) is 5.85. The molecule has 88 valence electrons. The first-order chi connectivity index (χ1) is 8.34. The summed E-state index contributed by atoms with van der Waals surface area (Å²) < 4.78 is 1.86. The molecule has 1 aliphatic heterocycles. The van der Waals surface area contributed by atoms with E-state index in [4.69, 9.17) is 11.6 Å². The molecule has 0 aliphatic carbocycles. The van der Waals surface area contributed by atoms with E-state index in [0.717, 1.165) is 23.8 Å². The summed E-state index contributed by atoms with van der Waals surface area (Å²) in [6, 6.07) is 7.76. The van der Waals surface area contributed by atoms with Crippen molar-refractivity contribution < 1.29 is 0 Å². The van der Waals surface area contributed by atoms with Crippen LogP contribution in [0.1, 0.15) is 17.9 Å². The number of nitrogens with one attached hydrogen (secondary N) is 1. The summed E-state index contributed by atoms with van der Waals surface area (Å²) >= 11 is 6.15. The van der Waals surface area contributed by atoms with Crippen LogP contribution in [0.15, 0.2) is 36.7 Å². The van der Waals surface area contributed by atoms with E-state index in [-0.39, 0.29) is 0 Å². The van der Waals surface area contributed by atoms with Gasteiger partial charge in [0, 0.05) is 18.7 Å². The molecule has 3 rings (SSSR count). The zero-order valence-corrected chi connectivity index (χ0v) is 10.2. The monoisotopic (exact) mass is 247 g/mol. The van der Waals surface area contributed by atoms with Gasteiger partial charge in [-0.1, -0.05) is 23.7 Å². The molecule has 0 bridgehead atoms. The highest BCUT2D eigenvalue weighted by atomic mass is 35.5. The van der Waals surface area contributed by atoms with Crippen LogP contribution in [-0.2, 0) is 0 Å². The number of hydrogen-bond acceptors (Lipinski definition) is 2. The summed E-state index contributed by atoms with van der Waals surface area (Å²) in [5, 5.41) is 8.49. The minimum atomic E-state index is 0.589. The van der Waals surface area contributed by atoms with Gasteiger partial charge in [0.2, 0.25) is 0 Å². The smallest absolute Gasteiger partial charge is 0.0831 e. The Morgan fingerprint density at radius 2 is 2.24 bits per heavy atom. The molecule has 0 amide bonds. The molecule has 4 heteroatoms. The van der Waals surface area contributed by atoms with E-state index in [1.807, 2.05) is 35.1 Å². The highest BCUT2D eigenvalue weighted by Crippen LogP contribution is 2.24. The molecule has 3 nitrogen and oxygen atoms in total. The van der Waals surface area contributed by atoms with Gasteiger partial charge in [-0.05, 0) is 30.7 Å². The molecular weight excluding hydrogens is 234 g/mol. The van der Waals surface area contributed by atoms with Crippen LogP contribution in [0.3, 0.4) is 0 Å². The lowest BCUT2D eigenvalue weighted by Gasteiger charge is -2.05. The van der Waals surface area contributed by atoms with Gasteiger partial charge in [0.05, 0.1) is 16.9 Å². The third-order valence-electron chi connectivity index (χ3n) is 3.23. The molecule has 1 aliphatic rings. The van der Waals surface area contributed by atoms with E-state index in [1.54, 1.807) is 0 Å². The Balaban J connectivity index is 1.92. The summed E-state index contributed by atoms with van der Waals surface area (Å²) in [6.45, 7) is 2.15. The van der Waals surface area contributed by atoms with E-state index in [0.29, 0.717) is 5.92 Å². The first kappa shape index (κ1) is 10.8. The summed E-state index contributed by atoms with van der Waals surface area (Å²) in [7, 11) is 0. The van der Waals surface area contributed by atoms with E-state index in [2.05, 4.69) is 16.6 Å². The van der Waals surface area contributed by atoms with E-state index >= 15 is 0 Å². The number of benzene rings is 1. The third kappa shape index (κ3) is 2.08. The molecule has 1 aromatic carbocycles. The van der Waals surface area contributed by atoms with Gasteiger partial charge in [0.25, 0.3) is 0 Å². The second-order valence-electron chi connectivity index (χ2n) is 4.36. The van der Waals surface area contributed by atoms with Crippen molar-refractivity contribution in [3.05, 3.63) is 47.2 Å². The summed E-state index contributed by atoms with van der Waals surface area (Å²) in [4.78, 5) is 0. The fourth-order valence-corrected chi connectivity index (χ4v) is 2.48. The van der Waals surface area contributed by atoms with E-state index in [9.17, 15) is 0 Å². The van der Waals surface area contributed by atoms with Gasteiger partial charge >= 0.3 is 0 Å². The molecule has 1 saturated heterocycles. The molecule has 1 unspecified atom stereocenters. The average molecular weight is 248 g/mol. The zero-order valence-electron chi connectivity index (χ0n) is 9.44. The minimum Gasteiger partial charge on any atom is -0.316 e. The number of hydrogen-bond donors (Lipinski definition) is 1. The van der Waals surface area contributed by atoms with E-state index in [1.165, 1.54) is 12.0 Å². The number of nitrogens with zero attached hydrogens (tertiary/aromatic N) is 2. The molecule has 2 aromatic rings. The van der Waals surface area contributed by atoms with Gasteiger partial charge in [-0.15, -0.1) is 0 Å². The summed E-state index contributed by atoms with van der Waals surface area (Å²) in [6.07, 6.45) is 5.22. The van der Waals surface area contributed by atoms with E-state index < -0.39 is 0 Å². The molecule has 1 atom stereocenters. The van der Waals surface area contributed by atoms with Gasteiger partial charge < -0.3 is 5.32 Å². The van der Waals surface area contributed by atoms with Crippen LogP contribution < -0.4 is 5.32 Å². The maximum absolute atomic E-state index is 6.15. The maximum Gasteiger partial charge on any atom is 0.0831 e. The second-order valence-corrected chi connectivity index (χ2v) is 4.77. The lowest BCUT2D eigenvalue weighted by Crippen LogP contribution is -2.07. The van der Waals surface area contributed by atoms with Crippen LogP contribution in [0.5, 0.6) is 0 Å². The molecule has 0 spiro atoms. The van der Waals surface area contributed by atoms with Crippen molar-refractivity contribution in [1.82, 2.24) is 15.1 Å². The molecular formula is C13H14ClN3. The van der Waals surface area contributed by atoms with Crippen molar-refractivity contribution >= 4 is 11.6 Å².